The van der Waals surface area contributed by atoms with Gasteiger partial charge < -0.3 is 20.9 Å². The first-order valence-corrected chi connectivity index (χ1v) is 5.09. The van der Waals surface area contributed by atoms with Gasteiger partial charge in [-0.05, 0) is 13.1 Å². The first-order chi connectivity index (χ1) is 5.07. The van der Waals surface area contributed by atoms with E-state index in [0.717, 1.165) is 0 Å². The van der Waals surface area contributed by atoms with E-state index in [9.17, 15) is 9.36 Å². The number of aliphatic hydroxyl groups excluding tert-OH is 1. The average Bonchev–Trinajstić information content (AvgIpc) is 1.86. The number of carboxylic acids is 1. The van der Waals surface area contributed by atoms with E-state index < -0.39 is 20.0 Å². The lowest BCUT2D eigenvalue weighted by Gasteiger charge is -2.09. The van der Waals surface area contributed by atoms with Crippen molar-refractivity contribution in [3.05, 3.63) is 0 Å². The second kappa shape index (κ2) is 7.24. The minimum absolute atomic E-state index is 0. The molecule has 6 nitrogen and oxygen atoms in total. The van der Waals surface area contributed by atoms with E-state index >= 15 is 0 Å². The topological polar surface area (TPSA) is 122 Å². The molecule has 0 fully saturated rings. The number of hydrogen-bond donors (Lipinski definition) is 4. The van der Waals surface area contributed by atoms with Gasteiger partial charge in [0.15, 0.2) is 0 Å². The Hall–Kier alpha value is -0.420. The molecule has 0 radical (unpaired) electrons. The van der Waals surface area contributed by atoms with Gasteiger partial charge >= 0.3 is 5.97 Å². The molecule has 0 aliphatic rings. The zero-order chi connectivity index (χ0) is 8.85. The highest BCUT2D eigenvalue weighted by Crippen LogP contribution is 2.09. The molecule has 0 aromatic heterocycles. The van der Waals surface area contributed by atoms with Gasteiger partial charge in [-0.2, -0.15) is 0 Å². The fraction of sp³-hybridized carbons (Fsp3) is 0.800. The predicted octanol–water partition coefficient (Wildman–Crippen LogP) is -0.322. The predicted molar refractivity (Wildman–Crippen MR) is 46.2 cm³/mol. The molecule has 0 amide bonds. The average molecular weight is 198 g/mol. The molecule has 0 heterocycles. The molecule has 6 N–H and O–H groups in total. The highest BCUT2D eigenvalue weighted by molar-refractivity contribution is 7.41. The molecular formula is C5H15N2O4P. The number of aliphatic hydroxyl groups is 1. The summed E-state index contributed by atoms with van der Waals surface area (Å²) in [4.78, 5) is 10.3. The van der Waals surface area contributed by atoms with Crippen LogP contribution < -0.4 is 11.2 Å². The van der Waals surface area contributed by atoms with E-state index in [1.165, 1.54) is 6.66 Å². The normalized spacial score (nSPS) is 14.5. The SMILES string of the molecule is C[PH](=O)NC(CCO)C(=O)O.N. The number of hydrogen-bond acceptors (Lipinski definition) is 4. The van der Waals surface area contributed by atoms with Crippen LogP contribution in [0.15, 0.2) is 0 Å². The van der Waals surface area contributed by atoms with Gasteiger partial charge in [-0.25, -0.2) is 0 Å². The van der Waals surface area contributed by atoms with E-state index in [4.69, 9.17) is 10.2 Å². The van der Waals surface area contributed by atoms with E-state index in [-0.39, 0.29) is 19.2 Å². The Morgan fingerprint density at radius 1 is 1.67 bits per heavy atom. The highest BCUT2D eigenvalue weighted by Gasteiger charge is 2.16. The van der Waals surface area contributed by atoms with Gasteiger partial charge in [0.25, 0.3) is 0 Å². The molecule has 0 aliphatic heterocycles. The molecule has 2 unspecified atom stereocenters. The lowest BCUT2D eigenvalue weighted by Crippen LogP contribution is -2.32. The first-order valence-electron chi connectivity index (χ1n) is 3.18. The molecule has 0 bridgehead atoms. The molecule has 2 atom stereocenters. The van der Waals surface area contributed by atoms with Crippen molar-refractivity contribution in [2.24, 2.45) is 0 Å². The molecule has 0 aromatic carbocycles. The second-order valence-electron chi connectivity index (χ2n) is 2.10. The molecule has 0 aliphatic carbocycles. The fourth-order valence-electron chi connectivity index (χ4n) is 0.632. The van der Waals surface area contributed by atoms with Crippen molar-refractivity contribution in [2.45, 2.75) is 12.5 Å². The Morgan fingerprint density at radius 2 is 2.17 bits per heavy atom. The standard InChI is InChI=1S/C5H12NO4P.H3N/c1-11(10)6-4(2-3-7)5(8)9;/h4,7,11H,2-3H2,1H3,(H,6,10)(H,8,9);1H3. The van der Waals surface area contributed by atoms with E-state index in [1.807, 2.05) is 0 Å². The van der Waals surface area contributed by atoms with Crippen molar-refractivity contribution in [1.82, 2.24) is 11.2 Å². The number of rotatable bonds is 5. The number of nitrogens with one attached hydrogen (secondary N) is 1. The van der Waals surface area contributed by atoms with Crippen molar-refractivity contribution in [2.75, 3.05) is 13.3 Å². The summed E-state index contributed by atoms with van der Waals surface area (Å²) in [6.45, 7) is 1.19. The van der Waals surface area contributed by atoms with Crippen LogP contribution in [0.4, 0.5) is 0 Å². The van der Waals surface area contributed by atoms with Crippen LogP contribution in [0.1, 0.15) is 6.42 Å². The number of carboxylic acid groups (broad SMARTS) is 1. The van der Waals surface area contributed by atoms with Gasteiger partial charge in [0.05, 0.1) is 0 Å². The number of aliphatic carboxylic acids is 1. The molecule has 0 spiro atoms. The summed E-state index contributed by atoms with van der Waals surface area (Å²) in [7, 11) is -1.99. The van der Waals surface area contributed by atoms with Crippen LogP contribution in [0.2, 0.25) is 0 Å². The van der Waals surface area contributed by atoms with Gasteiger partial charge in [0, 0.05) is 6.61 Å². The Labute approximate surface area is 71.4 Å². The van der Waals surface area contributed by atoms with Crippen molar-refractivity contribution in [3.8, 4) is 0 Å². The van der Waals surface area contributed by atoms with Crippen LogP contribution in [-0.4, -0.2) is 35.5 Å². The summed E-state index contributed by atoms with van der Waals surface area (Å²) >= 11 is 0. The lowest BCUT2D eigenvalue weighted by molar-refractivity contribution is -0.139. The summed E-state index contributed by atoms with van der Waals surface area (Å²) in [6, 6.07) is -0.892. The molecule has 0 saturated carbocycles. The maximum absolute atomic E-state index is 10.6. The first kappa shape index (κ1) is 14.1. The van der Waals surface area contributed by atoms with Crippen LogP contribution in [0.5, 0.6) is 0 Å². The Morgan fingerprint density at radius 3 is 2.42 bits per heavy atom. The van der Waals surface area contributed by atoms with E-state index in [2.05, 4.69) is 5.09 Å². The summed E-state index contributed by atoms with van der Waals surface area (Å²) in [5.74, 6) is -1.08. The van der Waals surface area contributed by atoms with Crippen LogP contribution in [-0.2, 0) is 9.36 Å². The van der Waals surface area contributed by atoms with Gasteiger partial charge in [0.2, 0.25) is 0 Å². The highest BCUT2D eigenvalue weighted by atomic mass is 31.1. The van der Waals surface area contributed by atoms with Gasteiger partial charge in [-0.1, -0.05) is 0 Å². The van der Waals surface area contributed by atoms with Crippen molar-refractivity contribution in [1.29, 1.82) is 0 Å². The number of carbonyl (C=O) groups is 1. The maximum atomic E-state index is 10.6. The van der Waals surface area contributed by atoms with Crippen molar-refractivity contribution in [3.63, 3.8) is 0 Å². The third-order valence-corrected chi connectivity index (χ3v) is 1.85. The Balaban J connectivity index is 0. The third-order valence-electron chi connectivity index (χ3n) is 1.09. The largest absolute Gasteiger partial charge is 0.480 e. The van der Waals surface area contributed by atoms with Crippen molar-refractivity contribution < 1.29 is 19.6 Å². The van der Waals surface area contributed by atoms with Gasteiger partial charge in [-0.15, -0.1) is 0 Å². The smallest absolute Gasteiger partial charge is 0.321 e. The molecule has 0 aromatic rings. The van der Waals surface area contributed by atoms with E-state index in [0.29, 0.717) is 0 Å². The summed E-state index contributed by atoms with van der Waals surface area (Å²) in [5.41, 5.74) is 0. The van der Waals surface area contributed by atoms with Crippen molar-refractivity contribution >= 4 is 13.9 Å². The summed E-state index contributed by atoms with van der Waals surface area (Å²) in [6.07, 6.45) is 0.0829. The third kappa shape index (κ3) is 6.30. The molecule has 74 valence electrons. The van der Waals surface area contributed by atoms with Gasteiger partial charge in [-0.3, -0.25) is 9.88 Å². The molecule has 12 heavy (non-hydrogen) atoms. The zero-order valence-electron chi connectivity index (χ0n) is 6.91. The molecule has 0 rings (SSSR count). The van der Waals surface area contributed by atoms with Gasteiger partial charge in [0.1, 0.15) is 14.0 Å². The fourth-order valence-corrected chi connectivity index (χ4v) is 1.39. The molecule has 7 heteroatoms. The Bertz CT molecular complexity index is 164. The second-order valence-corrected chi connectivity index (χ2v) is 3.50. The molecule has 0 saturated heterocycles. The monoisotopic (exact) mass is 198 g/mol. The van der Waals surface area contributed by atoms with Crippen LogP contribution in [0.3, 0.4) is 0 Å². The minimum Gasteiger partial charge on any atom is -0.480 e. The van der Waals surface area contributed by atoms with E-state index in [1.54, 1.807) is 0 Å². The van der Waals surface area contributed by atoms with Crippen LogP contribution in [0, 0.1) is 0 Å². The zero-order valence-corrected chi connectivity index (χ0v) is 7.91. The molecular weight excluding hydrogens is 183 g/mol. The quantitative estimate of drug-likeness (QED) is 0.449. The van der Waals surface area contributed by atoms with Crippen LogP contribution >= 0.6 is 7.95 Å². The Kier molecular flexibility index (Phi) is 8.52. The summed E-state index contributed by atoms with van der Waals surface area (Å²) < 4.78 is 10.6. The lowest BCUT2D eigenvalue weighted by atomic mass is 10.2. The van der Waals surface area contributed by atoms with Crippen LogP contribution in [0.25, 0.3) is 0 Å². The minimum atomic E-state index is -1.99. The summed E-state index contributed by atoms with van der Waals surface area (Å²) in [5, 5.41) is 19.2. The maximum Gasteiger partial charge on any atom is 0.321 e.